The first-order valence-corrected chi connectivity index (χ1v) is 6.98. The molecule has 2 fully saturated rings. The van der Waals surface area contributed by atoms with Crippen molar-refractivity contribution in [3.05, 3.63) is 0 Å². The lowest BCUT2D eigenvalue weighted by molar-refractivity contribution is 0.480. The highest BCUT2D eigenvalue weighted by Gasteiger charge is 2.51. The highest BCUT2D eigenvalue weighted by atomic mass is 35.7. The summed E-state index contributed by atoms with van der Waals surface area (Å²) in [6.07, 6.45) is 5.00. The molecule has 0 saturated heterocycles. The van der Waals surface area contributed by atoms with E-state index in [0.29, 0.717) is 17.8 Å². The zero-order valence-electron chi connectivity index (χ0n) is 6.87. The number of rotatable bonds is 2. The molecular formula is C8H13ClO2S. The first kappa shape index (κ1) is 8.82. The molecule has 0 bridgehead atoms. The van der Waals surface area contributed by atoms with Crippen LogP contribution in [0.5, 0.6) is 0 Å². The van der Waals surface area contributed by atoms with E-state index in [1.807, 2.05) is 0 Å². The summed E-state index contributed by atoms with van der Waals surface area (Å²) in [5.41, 5.74) is 0. The predicted molar refractivity (Wildman–Crippen MR) is 48.6 cm³/mol. The normalized spacial score (nSPS) is 40.6. The van der Waals surface area contributed by atoms with E-state index < -0.39 is 9.05 Å². The van der Waals surface area contributed by atoms with E-state index >= 15 is 0 Å². The third-order valence-corrected chi connectivity index (χ3v) is 4.39. The van der Waals surface area contributed by atoms with Crippen LogP contribution in [0.2, 0.25) is 0 Å². The van der Waals surface area contributed by atoms with Gasteiger partial charge in [-0.25, -0.2) is 8.42 Å². The van der Waals surface area contributed by atoms with Crippen molar-refractivity contribution in [3.8, 4) is 0 Å². The molecule has 0 radical (unpaired) electrons. The molecule has 0 aromatic rings. The van der Waals surface area contributed by atoms with Gasteiger partial charge in [0.2, 0.25) is 9.05 Å². The van der Waals surface area contributed by atoms with Gasteiger partial charge in [0, 0.05) is 10.7 Å². The number of fused-ring (bicyclic) bond motifs is 1. The molecule has 0 aromatic carbocycles. The second kappa shape index (κ2) is 2.88. The van der Waals surface area contributed by atoms with Crippen LogP contribution >= 0.6 is 10.7 Å². The largest absolute Gasteiger partial charge is 0.232 e. The zero-order chi connectivity index (χ0) is 8.77. The maximum absolute atomic E-state index is 10.8. The fourth-order valence-corrected chi connectivity index (χ4v) is 4.01. The molecule has 2 nitrogen and oxygen atoms in total. The van der Waals surface area contributed by atoms with Gasteiger partial charge in [0.1, 0.15) is 0 Å². The van der Waals surface area contributed by atoms with Crippen molar-refractivity contribution in [2.24, 2.45) is 17.8 Å². The van der Waals surface area contributed by atoms with Crippen LogP contribution in [-0.4, -0.2) is 14.2 Å². The SMILES string of the molecule is O=S(=O)(Cl)CC1C2CCCCC21. The van der Waals surface area contributed by atoms with Gasteiger partial charge >= 0.3 is 0 Å². The number of halogens is 1. The van der Waals surface area contributed by atoms with Gasteiger partial charge in [0.15, 0.2) is 0 Å². The van der Waals surface area contributed by atoms with Crippen LogP contribution < -0.4 is 0 Å². The Morgan fingerprint density at radius 1 is 1.17 bits per heavy atom. The fourth-order valence-electron chi connectivity index (χ4n) is 2.62. The highest BCUT2D eigenvalue weighted by Crippen LogP contribution is 2.55. The van der Waals surface area contributed by atoms with Gasteiger partial charge < -0.3 is 0 Å². The first-order valence-electron chi connectivity index (χ1n) is 4.50. The smallest absolute Gasteiger partial charge is 0.212 e. The minimum Gasteiger partial charge on any atom is -0.212 e. The van der Waals surface area contributed by atoms with Crippen molar-refractivity contribution in [2.45, 2.75) is 25.7 Å². The highest BCUT2D eigenvalue weighted by molar-refractivity contribution is 8.13. The fraction of sp³-hybridized carbons (Fsp3) is 1.00. The van der Waals surface area contributed by atoms with E-state index in [1.165, 1.54) is 25.7 Å². The maximum atomic E-state index is 10.8. The standard InChI is InChI=1S/C8H13ClO2S/c9-12(10,11)5-8-6-3-1-2-4-7(6)8/h6-8H,1-5H2. The van der Waals surface area contributed by atoms with Crippen molar-refractivity contribution in [1.29, 1.82) is 0 Å². The Morgan fingerprint density at radius 2 is 1.67 bits per heavy atom. The Balaban J connectivity index is 1.93. The molecule has 2 aliphatic carbocycles. The summed E-state index contributed by atoms with van der Waals surface area (Å²) in [6, 6.07) is 0. The molecular weight excluding hydrogens is 196 g/mol. The summed E-state index contributed by atoms with van der Waals surface area (Å²) < 4.78 is 21.6. The maximum Gasteiger partial charge on any atom is 0.232 e. The number of hydrogen-bond acceptors (Lipinski definition) is 2. The van der Waals surface area contributed by atoms with E-state index in [4.69, 9.17) is 10.7 Å². The molecule has 2 unspecified atom stereocenters. The Hall–Kier alpha value is 0.240. The quantitative estimate of drug-likeness (QED) is 0.651. The van der Waals surface area contributed by atoms with Gasteiger partial charge in [-0.1, -0.05) is 12.8 Å². The second-order valence-electron chi connectivity index (χ2n) is 3.98. The van der Waals surface area contributed by atoms with E-state index in [2.05, 4.69) is 0 Å². The van der Waals surface area contributed by atoms with Gasteiger partial charge in [0.25, 0.3) is 0 Å². The average molecular weight is 209 g/mol. The van der Waals surface area contributed by atoms with Gasteiger partial charge in [0.05, 0.1) is 5.75 Å². The third-order valence-electron chi connectivity index (χ3n) is 3.23. The lowest BCUT2D eigenvalue weighted by Crippen LogP contribution is -2.01. The van der Waals surface area contributed by atoms with Crippen LogP contribution in [0.4, 0.5) is 0 Å². The summed E-state index contributed by atoms with van der Waals surface area (Å²) in [6.45, 7) is 0. The minimum absolute atomic E-state index is 0.212. The molecule has 2 rings (SSSR count). The van der Waals surface area contributed by atoms with Crippen LogP contribution in [0.1, 0.15) is 25.7 Å². The monoisotopic (exact) mass is 208 g/mol. The molecule has 0 N–H and O–H groups in total. The molecule has 0 amide bonds. The van der Waals surface area contributed by atoms with Crippen LogP contribution in [0, 0.1) is 17.8 Å². The van der Waals surface area contributed by atoms with Gasteiger partial charge in [-0.15, -0.1) is 0 Å². The van der Waals surface area contributed by atoms with Crippen molar-refractivity contribution in [2.75, 3.05) is 5.75 Å². The Morgan fingerprint density at radius 3 is 2.08 bits per heavy atom. The van der Waals surface area contributed by atoms with Crippen LogP contribution in [0.15, 0.2) is 0 Å². The molecule has 0 aliphatic heterocycles. The molecule has 2 saturated carbocycles. The van der Waals surface area contributed by atoms with Crippen molar-refractivity contribution >= 4 is 19.7 Å². The molecule has 2 aliphatic rings. The Kier molecular flexibility index (Phi) is 2.11. The molecule has 0 aromatic heterocycles. The van der Waals surface area contributed by atoms with Crippen molar-refractivity contribution in [1.82, 2.24) is 0 Å². The number of hydrogen-bond donors (Lipinski definition) is 0. The summed E-state index contributed by atoms with van der Waals surface area (Å²) in [7, 11) is 1.96. The second-order valence-corrected chi connectivity index (χ2v) is 6.80. The Bertz CT molecular complexity index is 261. The summed E-state index contributed by atoms with van der Waals surface area (Å²) in [4.78, 5) is 0. The summed E-state index contributed by atoms with van der Waals surface area (Å²) in [5.74, 6) is 1.98. The van der Waals surface area contributed by atoms with E-state index in [1.54, 1.807) is 0 Å². The zero-order valence-corrected chi connectivity index (χ0v) is 8.44. The average Bonchev–Trinajstić information content (AvgIpc) is 2.61. The van der Waals surface area contributed by atoms with E-state index in [0.717, 1.165) is 0 Å². The first-order chi connectivity index (χ1) is 5.58. The van der Waals surface area contributed by atoms with Crippen LogP contribution in [0.25, 0.3) is 0 Å². The van der Waals surface area contributed by atoms with Crippen LogP contribution in [-0.2, 0) is 9.05 Å². The van der Waals surface area contributed by atoms with Crippen molar-refractivity contribution < 1.29 is 8.42 Å². The Labute approximate surface area is 77.7 Å². The van der Waals surface area contributed by atoms with Crippen molar-refractivity contribution in [3.63, 3.8) is 0 Å². The summed E-state index contributed by atoms with van der Waals surface area (Å²) >= 11 is 0. The summed E-state index contributed by atoms with van der Waals surface area (Å²) in [5, 5.41) is 0. The van der Waals surface area contributed by atoms with Gasteiger partial charge in [-0.3, -0.25) is 0 Å². The topological polar surface area (TPSA) is 34.1 Å². The molecule has 70 valence electrons. The molecule has 4 heteroatoms. The van der Waals surface area contributed by atoms with Crippen LogP contribution in [0.3, 0.4) is 0 Å². The van der Waals surface area contributed by atoms with E-state index in [9.17, 15) is 8.42 Å². The predicted octanol–water partition coefficient (Wildman–Crippen LogP) is 1.99. The molecule has 12 heavy (non-hydrogen) atoms. The molecule has 0 spiro atoms. The van der Waals surface area contributed by atoms with E-state index in [-0.39, 0.29) is 5.75 Å². The molecule has 2 atom stereocenters. The molecule has 0 heterocycles. The third kappa shape index (κ3) is 1.77. The lowest BCUT2D eigenvalue weighted by Gasteiger charge is -2.04. The van der Waals surface area contributed by atoms with Gasteiger partial charge in [-0.05, 0) is 30.6 Å². The van der Waals surface area contributed by atoms with Gasteiger partial charge in [-0.2, -0.15) is 0 Å². The minimum atomic E-state index is -3.25. The lowest BCUT2D eigenvalue weighted by atomic mass is 10.0.